The zero-order valence-electron chi connectivity index (χ0n) is 10.5. The molecule has 1 aromatic rings. The SMILES string of the molecule is CN1C2CCC1CN(c1ccc(N)nc1)C(=O)C2. The number of pyridine rings is 1. The van der Waals surface area contributed by atoms with Crippen molar-refractivity contribution in [3.63, 3.8) is 0 Å². The average Bonchev–Trinajstić information content (AvgIpc) is 2.62. The second kappa shape index (κ2) is 4.24. The number of anilines is 2. The van der Waals surface area contributed by atoms with Crippen LogP contribution in [0.25, 0.3) is 0 Å². The van der Waals surface area contributed by atoms with E-state index in [9.17, 15) is 4.79 Å². The van der Waals surface area contributed by atoms with E-state index < -0.39 is 0 Å². The molecule has 2 bridgehead atoms. The predicted octanol–water partition coefficient (Wildman–Crippen LogP) is 0.863. The van der Waals surface area contributed by atoms with E-state index >= 15 is 0 Å². The van der Waals surface area contributed by atoms with E-state index in [2.05, 4.69) is 16.9 Å². The number of nitrogens with two attached hydrogens (primary N) is 1. The van der Waals surface area contributed by atoms with E-state index in [4.69, 9.17) is 5.73 Å². The Labute approximate surface area is 107 Å². The largest absolute Gasteiger partial charge is 0.384 e. The van der Waals surface area contributed by atoms with Gasteiger partial charge in [0.2, 0.25) is 5.91 Å². The minimum atomic E-state index is 0.195. The molecule has 0 radical (unpaired) electrons. The van der Waals surface area contributed by atoms with E-state index in [-0.39, 0.29) is 5.91 Å². The summed E-state index contributed by atoms with van der Waals surface area (Å²) in [6.07, 6.45) is 4.61. The standard InChI is InChI=1S/C13H18N4O/c1-16-9-2-3-11(16)8-17(13(18)6-9)10-4-5-12(14)15-7-10/h4-5,7,9,11H,2-3,6,8H2,1H3,(H2,14,15). The molecule has 0 aromatic carbocycles. The first-order valence-electron chi connectivity index (χ1n) is 6.39. The Bertz CT molecular complexity index is 459. The van der Waals surface area contributed by atoms with Crippen molar-refractivity contribution in [3.05, 3.63) is 18.3 Å². The molecule has 2 saturated heterocycles. The summed E-state index contributed by atoms with van der Waals surface area (Å²) in [6.45, 7) is 0.761. The molecule has 5 heteroatoms. The number of likely N-dealkylation sites (N-methyl/N-ethyl adjacent to an activating group) is 1. The highest BCUT2D eigenvalue weighted by atomic mass is 16.2. The van der Waals surface area contributed by atoms with E-state index in [0.717, 1.165) is 18.7 Å². The van der Waals surface area contributed by atoms with Crippen LogP contribution in [0.5, 0.6) is 0 Å². The van der Waals surface area contributed by atoms with Crippen molar-refractivity contribution in [2.75, 3.05) is 24.2 Å². The van der Waals surface area contributed by atoms with E-state index in [0.29, 0.717) is 24.3 Å². The molecule has 3 heterocycles. The second-order valence-electron chi connectivity index (χ2n) is 5.20. The summed E-state index contributed by atoms with van der Waals surface area (Å²) < 4.78 is 0. The van der Waals surface area contributed by atoms with Gasteiger partial charge in [0.15, 0.2) is 0 Å². The zero-order chi connectivity index (χ0) is 12.7. The van der Waals surface area contributed by atoms with Gasteiger partial charge in [0.05, 0.1) is 11.9 Å². The topological polar surface area (TPSA) is 62.5 Å². The molecule has 2 unspecified atom stereocenters. The molecule has 0 spiro atoms. The fraction of sp³-hybridized carbons (Fsp3) is 0.538. The first-order chi connectivity index (χ1) is 8.65. The first-order valence-corrected chi connectivity index (χ1v) is 6.39. The Balaban J connectivity index is 1.88. The molecule has 96 valence electrons. The van der Waals surface area contributed by atoms with Crippen molar-refractivity contribution in [3.8, 4) is 0 Å². The van der Waals surface area contributed by atoms with Gasteiger partial charge in [-0.15, -0.1) is 0 Å². The highest BCUT2D eigenvalue weighted by Crippen LogP contribution is 2.31. The number of hydrogen-bond donors (Lipinski definition) is 1. The molecule has 2 aliphatic heterocycles. The van der Waals surface area contributed by atoms with Crippen LogP contribution in [0.1, 0.15) is 19.3 Å². The van der Waals surface area contributed by atoms with Crippen molar-refractivity contribution in [1.82, 2.24) is 9.88 Å². The summed E-state index contributed by atoms with van der Waals surface area (Å²) in [5.74, 6) is 0.681. The Morgan fingerprint density at radius 3 is 2.83 bits per heavy atom. The van der Waals surface area contributed by atoms with Gasteiger partial charge in [-0.3, -0.25) is 9.69 Å². The molecule has 1 amide bonds. The van der Waals surface area contributed by atoms with Crippen molar-refractivity contribution in [1.29, 1.82) is 0 Å². The van der Waals surface area contributed by atoms with Gasteiger partial charge in [-0.05, 0) is 32.0 Å². The predicted molar refractivity (Wildman–Crippen MR) is 70.2 cm³/mol. The van der Waals surface area contributed by atoms with Crippen molar-refractivity contribution in [2.24, 2.45) is 0 Å². The summed E-state index contributed by atoms with van der Waals surface area (Å²) in [7, 11) is 2.13. The molecule has 3 rings (SSSR count). The molecule has 2 aliphatic rings. The highest BCUT2D eigenvalue weighted by molar-refractivity contribution is 5.94. The first kappa shape index (κ1) is 11.5. The minimum Gasteiger partial charge on any atom is -0.384 e. The fourth-order valence-electron chi connectivity index (χ4n) is 2.99. The van der Waals surface area contributed by atoms with E-state index in [1.807, 2.05) is 11.0 Å². The number of fused-ring (bicyclic) bond motifs is 2. The van der Waals surface area contributed by atoms with Gasteiger partial charge in [0, 0.05) is 25.0 Å². The lowest BCUT2D eigenvalue weighted by Gasteiger charge is -2.25. The maximum Gasteiger partial charge on any atom is 0.228 e. The molecule has 18 heavy (non-hydrogen) atoms. The van der Waals surface area contributed by atoms with Crippen LogP contribution < -0.4 is 10.6 Å². The fourth-order valence-corrected chi connectivity index (χ4v) is 2.99. The number of nitrogens with zero attached hydrogens (tertiary/aromatic N) is 3. The number of hydrogen-bond acceptors (Lipinski definition) is 4. The van der Waals surface area contributed by atoms with Crippen LogP contribution in [-0.2, 0) is 4.79 Å². The molecule has 0 saturated carbocycles. The van der Waals surface area contributed by atoms with Gasteiger partial charge < -0.3 is 10.6 Å². The van der Waals surface area contributed by atoms with Crippen LogP contribution in [0.3, 0.4) is 0 Å². The van der Waals surface area contributed by atoms with E-state index in [1.54, 1.807) is 12.3 Å². The van der Waals surface area contributed by atoms with Crippen LogP contribution in [0.15, 0.2) is 18.3 Å². The number of nitrogen functional groups attached to an aromatic ring is 1. The summed E-state index contributed by atoms with van der Waals surface area (Å²) in [4.78, 5) is 20.5. The third-order valence-corrected chi connectivity index (χ3v) is 4.17. The smallest absolute Gasteiger partial charge is 0.228 e. The number of rotatable bonds is 1. The summed E-state index contributed by atoms with van der Waals surface area (Å²) >= 11 is 0. The summed E-state index contributed by atoms with van der Waals surface area (Å²) in [6, 6.07) is 4.50. The molecular formula is C13H18N4O. The minimum absolute atomic E-state index is 0.195. The lowest BCUT2D eigenvalue weighted by Crippen LogP contribution is -2.38. The maximum absolute atomic E-state index is 12.3. The van der Waals surface area contributed by atoms with E-state index in [1.165, 1.54) is 6.42 Å². The number of aromatic nitrogens is 1. The van der Waals surface area contributed by atoms with Crippen LogP contribution >= 0.6 is 0 Å². The normalized spacial score (nSPS) is 28.5. The molecule has 2 fully saturated rings. The lowest BCUT2D eigenvalue weighted by atomic mass is 10.1. The Morgan fingerprint density at radius 1 is 1.33 bits per heavy atom. The highest BCUT2D eigenvalue weighted by Gasteiger charge is 2.38. The van der Waals surface area contributed by atoms with Crippen LogP contribution in [0.2, 0.25) is 0 Å². The molecule has 0 aliphatic carbocycles. The molecule has 5 nitrogen and oxygen atoms in total. The maximum atomic E-state index is 12.3. The monoisotopic (exact) mass is 246 g/mol. The Morgan fingerprint density at radius 2 is 2.11 bits per heavy atom. The van der Waals surface area contributed by atoms with Gasteiger partial charge in [0.25, 0.3) is 0 Å². The molecule has 2 N–H and O–H groups in total. The quantitative estimate of drug-likeness (QED) is 0.798. The third-order valence-electron chi connectivity index (χ3n) is 4.17. The van der Waals surface area contributed by atoms with Gasteiger partial charge in [-0.1, -0.05) is 0 Å². The van der Waals surface area contributed by atoms with Gasteiger partial charge in [0.1, 0.15) is 5.82 Å². The van der Waals surface area contributed by atoms with Crippen LogP contribution in [-0.4, -0.2) is 41.5 Å². The number of carbonyl (C=O) groups is 1. The van der Waals surface area contributed by atoms with Gasteiger partial charge in [-0.25, -0.2) is 4.98 Å². The van der Waals surface area contributed by atoms with Gasteiger partial charge >= 0.3 is 0 Å². The summed E-state index contributed by atoms with van der Waals surface area (Å²) in [5, 5.41) is 0. The summed E-state index contributed by atoms with van der Waals surface area (Å²) in [5.41, 5.74) is 6.44. The number of carbonyl (C=O) groups excluding carboxylic acids is 1. The van der Waals surface area contributed by atoms with Crippen molar-refractivity contribution < 1.29 is 4.79 Å². The second-order valence-corrected chi connectivity index (χ2v) is 5.20. The third kappa shape index (κ3) is 1.84. The van der Waals surface area contributed by atoms with Crippen LogP contribution in [0.4, 0.5) is 11.5 Å². The van der Waals surface area contributed by atoms with Crippen LogP contribution in [0, 0.1) is 0 Å². The average molecular weight is 246 g/mol. The van der Waals surface area contributed by atoms with Crippen molar-refractivity contribution >= 4 is 17.4 Å². The van der Waals surface area contributed by atoms with Gasteiger partial charge in [-0.2, -0.15) is 0 Å². The molecular weight excluding hydrogens is 228 g/mol. The van der Waals surface area contributed by atoms with Crippen molar-refractivity contribution in [2.45, 2.75) is 31.3 Å². The Hall–Kier alpha value is -1.62. The lowest BCUT2D eigenvalue weighted by molar-refractivity contribution is -0.119. The number of amides is 1. The molecule has 1 aromatic heterocycles. The zero-order valence-corrected chi connectivity index (χ0v) is 10.5. The molecule has 2 atom stereocenters. The Kier molecular flexibility index (Phi) is 2.70.